The molecule has 0 aliphatic heterocycles. The molecule has 0 aliphatic rings. The Labute approximate surface area is 80.9 Å². The SMILES string of the molecule is Cc1cc(O)ccc1C=CCBr. The van der Waals surface area contributed by atoms with E-state index in [0.717, 1.165) is 16.5 Å². The highest BCUT2D eigenvalue weighted by atomic mass is 79.9. The maximum atomic E-state index is 9.13. The van der Waals surface area contributed by atoms with E-state index in [1.807, 2.05) is 25.1 Å². The second-order valence-electron chi connectivity index (χ2n) is 2.60. The van der Waals surface area contributed by atoms with Crippen molar-refractivity contribution in [2.45, 2.75) is 6.92 Å². The topological polar surface area (TPSA) is 20.2 Å². The van der Waals surface area contributed by atoms with E-state index >= 15 is 0 Å². The molecule has 0 aromatic heterocycles. The third-order valence-electron chi connectivity index (χ3n) is 1.64. The molecule has 0 heterocycles. The predicted molar refractivity (Wildman–Crippen MR) is 55.7 cm³/mol. The highest BCUT2D eigenvalue weighted by Gasteiger charge is 1.94. The van der Waals surface area contributed by atoms with E-state index < -0.39 is 0 Å². The van der Waals surface area contributed by atoms with Gasteiger partial charge in [-0.15, -0.1) is 0 Å². The lowest BCUT2D eigenvalue weighted by atomic mass is 10.1. The minimum absolute atomic E-state index is 0.323. The number of alkyl halides is 1. The second-order valence-corrected chi connectivity index (χ2v) is 3.25. The molecule has 0 radical (unpaired) electrons. The van der Waals surface area contributed by atoms with Crippen LogP contribution < -0.4 is 0 Å². The molecular weight excluding hydrogens is 216 g/mol. The molecule has 0 aliphatic carbocycles. The normalized spacial score (nSPS) is 10.8. The number of aryl methyl sites for hydroxylation is 1. The van der Waals surface area contributed by atoms with Gasteiger partial charge in [-0.2, -0.15) is 0 Å². The fourth-order valence-electron chi connectivity index (χ4n) is 1.02. The van der Waals surface area contributed by atoms with Gasteiger partial charge in [0.1, 0.15) is 5.75 Å². The summed E-state index contributed by atoms with van der Waals surface area (Å²) in [5.41, 5.74) is 2.24. The number of phenols is 1. The van der Waals surface area contributed by atoms with Gasteiger partial charge in [-0.05, 0) is 30.2 Å². The van der Waals surface area contributed by atoms with Gasteiger partial charge in [0.2, 0.25) is 0 Å². The summed E-state index contributed by atoms with van der Waals surface area (Å²) in [6.45, 7) is 1.98. The first-order valence-corrected chi connectivity index (χ1v) is 4.88. The molecule has 1 N–H and O–H groups in total. The summed E-state index contributed by atoms with van der Waals surface area (Å²) in [5.74, 6) is 0.323. The third-order valence-corrected chi connectivity index (χ3v) is 2.01. The van der Waals surface area contributed by atoms with Crippen LogP contribution >= 0.6 is 15.9 Å². The van der Waals surface area contributed by atoms with Gasteiger partial charge in [-0.25, -0.2) is 0 Å². The Kier molecular flexibility index (Phi) is 3.35. The lowest BCUT2D eigenvalue weighted by molar-refractivity contribution is 0.475. The van der Waals surface area contributed by atoms with Gasteiger partial charge in [0.25, 0.3) is 0 Å². The minimum atomic E-state index is 0.323. The first kappa shape index (κ1) is 9.33. The molecule has 1 rings (SSSR count). The molecule has 0 saturated heterocycles. The summed E-state index contributed by atoms with van der Waals surface area (Å²) in [4.78, 5) is 0. The van der Waals surface area contributed by atoms with Crippen molar-refractivity contribution in [3.05, 3.63) is 35.4 Å². The Morgan fingerprint density at radius 2 is 2.25 bits per heavy atom. The Morgan fingerprint density at radius 1 is 1.50 bits per heavy atom. The van der Waals surface area contributed by atoms with Gasteiger partial charge in [0, 0.05) is 5.33 Å². The van der Waals surface area contributed by atoms with E-state index in [2.05, 4.69) is 15.9 Å². The molecule has 0 amide bonds. The number of hydrogen-bond acceptors (Lipinski definition) is 1. The zero-order valence-corrected chi connectivity index (χ0v) is 8.51. The Hall–Kier alpha value is -0.760. The average Bonchev–Trinajstić information content (AvgIpc) is 2.03. The molecule has 12 heavy (non-hydrogen) atoms. The fourth-order valence-corrected chi connectivity index (χ4v) is 1.21. The lowest BCUT2D eigenvalue weighted by Gasteiger charge is -1.99. The molecule has 0 fully saturated rings. The number of aromatic hydroxyl groups is 1. The number of halogens is 1. The molecule has 1 nitrogen and oxygen atoms in total. The molecule has 0 unspecified atom stereocenters. The first-order chi connectivity index (χ1) is 5.74. The summed E-state index contributed by atoms with van der Waals surface area (Å²) < 4.78 is 0. The van der Waals surface area contributed by atoms with Crippen LogP contribution in [0.2, 0.25) is 0 Å². The standard InChI is InChI=1S/C10H11BrO/c1-8-7-10(12)5-4-9(8)3-2-6-11/h2-5,7,12H,6H2,1H3. The molecule has 64 valence electrons. The largest absolute Gasteiger partial charge is 0.508 e. The minimum Gasteiger partial charge on any atom is -0.508 e. The van der Waals surface area contributed by atoms with Crippen molar-refractivity contribution >= 4 is 22.0 Å². The highest BCUT2D eigenvalue weighted by molar-refractivity contribution is 9.09. The lowest BCUT2D eigenvalue weighted by Crippen LogP contribution is -1.79. The number of rotatable bonds is 2. The van der Waals surface area contributed by atoms with E-state index in [1.165, 1.54) is 0 Å². The van der Waals surface area contributed by atoms with Gasteiger partial charge in [0.15, 0.2) is 0 Å². The van der Waals surface area contributed by atoms with Crippen molar-refractivity contribution in [3.8, 4) is 5.75 Å². The van der Waals surface area contributed by atoms with Crippen molar-refractivity contribution in [1.29, 1.82) is 0 Å². The third kappa shape index (κ3) is 2.38. The summed E-state index contributed by atoms with van der Waals surface area (Å²) in [6.07, 6.45) is 4.06. The number of allylic oxidation sites excluding steroid dienone is 1. The van der Waals surface area contributed by atoms with Crippen LogP contribution in [0, 0.1) is 6.92 Å². The van der Waals surface area contributed by atoms with Crippen LogP contribution in [0.4, 0.5) is 0 Å². The van der Waals surface area contributed by atoms with Crippen molar-refractivity contribution in [3.63, 3.8) is 0 Å². The van der Waals surface area contributed by atoms with E-state index in [-0.39, 0.29) is 0 Å². The van der Waals surface area contributed by atoms with Gasteiger partial charge >= 0.3 is 0 Å². The number of phenolic OH excluding ortho intramolecular Hbond substituents is 1. The van der Waals surface area contributed by atoms with Crippen LogP contribution in [0.25, 0.3) is 6.08 Å². The quantitative estimate of drug-likeness (QED) is 0.769. The monoisotopic (exact) mass is 226 g/mol. The Balaban J connectivity index is 2.94. The van der Waals surface area contributed by atoms with Crippen LogP contribution in [-0.4, -0.2) is 10.4 Å². The van der Waals surface area contributed by atoms with Gasteiger partial charge < -0.3 is 5.11 Å². The summed E-state index contributed by atoms with van der Waals surface area (Å²) in [7, 11) is 0. The van der Waals surface area contributed by atoms with Gasteiger partial charge in [-0.1, -0.05) is 34.1 Å². The van der Waals surface area contributed by atoms with Gasteiger partial charge in [-0.3, -0.25) is 0 Å². The summed E-state index contributed by atoms with van der Waals surface area (Å²) in [6, 6.07) is 5.36. The zero-order valence-electron chi connectivity index (χ0n) is 6.92. The maximum Gasteiger partial charge on any atom is 0.115 e. The molecule has 0 saturated carbocycles. The summed E-state index contributed by atoms with van der Waals surface area (Å²) in [5, 5.41) is 9.98. The van der Waals surface area contributed by atoms with Crippen molar-refractivity contribution < 1.29 is 5.11 Å². The summed E-state index contributed by atoms with van der Waals surface area (Å²) >= 11 is 3.31. The smallest absolute Gasteiger partial charge is 0.115 e. The maximum absolute atomic E-state index is 9.13. The fraction of sp³-hybridized carbons (Fsp3) is 0.200. The van der Waals surface area contributed by atoms with E-state index in [1.54, 1.807) is 12.1 Å². The van der Waals surface area contributed by atoms with Crippen molar-refractivity contribution in [1.82, 2.24) is 0 Å². The number of hydrogen-bond donors (Lipinski definition) is 1. The zero-order chi connectivity index (χ0) is 8.97. The molecule has 2 heteroatoms. The van der Waals surface area contributed by atoms with Crippen LogP contribution in [0.15, 0.2) is 24.3 Å². The van der Waals surface area contributed by atoms with Crippen LogP contribution in [0.1, 0.15) is 11.1 Å². The van der Waals surface area contributed by atoms with Crippen LogP contribution in [0.3, 0.4) is 0 Å². The molecule has 0 bridgehead atoms. The van der Waals surface area contributed by atoms with Gasteiger partial charge in [0.05, 0.1) is 0 Å². The van der Waals surface area contributed by atoms with E-state index in [9.17, 15) is 0 Å². The molecule has 1 aromatic carbocycles. The first-order valence-electron chi connectivity index (χ1n) is 3.76. The molecule has 1 aromatic rings. The second kappa shape index (κ2) is 4.31. The van der Waals surface area contributed by atoms with E-state index in [0.29, 0.717) is 5.75 Å². The Morgan fingerprint density at radius 3 is 2.83 bits per heavy atom. The molecule has 0 spiro atoms. The molecule has 0 atom stereocenters. The van der Waals surface area contributed by atoms with Crippen molar-refractivity contribution in [2.24, 2.45) is 0 Å². The molecular formula is C10H11BrO. The van der Waals surface area contributed by atoms with Crippen molar-refractivity contribution in [2.75, 3.05) is 5.33 Å². The van der Waals surface area contributed by atoms with Crippen LogP contribution in [-0.2, 0) is 0 Å². The predicted octanol–water partition coefficient (Wildman–Crippen LogP) is 3.11. The van der Waals surface area contributed by atoms with Crippen LogP contribution in [0.5, 0.6) is 5.75 Å². The van der Waals surface area contributed by atoms with E-state index in [4.69, 9.17) is 5.11 Å². The highest BCUT2D eigenvalue weighted by Crippen LogP contribution is 2.16. The number of benzene rings is 1. The average molecular weight is 227 g/mol. The Bertz CT molecular complexity index is 292.